The standard InChI is InChI=1S/C11H24O3Si2/c1-8-9(2)11-10(8)7-12-15(3,4)14-16(5,6)13-11/h8-11H,7H2,1-6H3. The highest BCUT2D eigenvalue weighted by molar-refractivity contribution is 6.78. The smallest absolute Gasteiger partial charge is 0.323 e. The van der Waals surface area contributed by atoms with E-state index in [1.807, 2.05) is 0 Å². The molecule has 2 aliphatic rings. The Labute approximate surface area is 101 Å². The van der Waals surface area contributed by atoms with Gasteiger partial charge in [-0.3, -0.25) is 0 Å². The first-order valence-electron chi connectivity index (χ1n) is 6.24. The molecule has 5 heteroatoms. The Morgan fingerprint density at radius 1 is 0.938 bits per heavy atom. The highest BCUT2D eigenvalue weighted by Crippen LogP contribution is 2.45. The molecule has 94 valence electrons. The van der Waals surface area contributed by atoms with Crippen LogP contribution in [-0.4, -0.2) is 29.8 Å². The Balaban J connectivity index is 2.13. The summed E-state index contributed by atoms with van der Waals surface area (Å²) in [6.07, 6.45) is 0.363. The Bertz CT molecular complexity index is 280. The van der Waals surface area contributed by atoms with Gasteiger partial charge in [0.2, 0.25) is 0 Å². The van der Waals surface area contributed by atoms with Crippen LogP contribution in [0.3, 0.4) is 0 Å². The van der Waals surface area contributed by atoms with Crippen molar-refractivity contribution < 1.29 is 13.0 Å². The molecule has 0 aromatic rings. The minimum Gasteiger partial charge on any atom is -0.415 e. The van der Waals surface area contributed by atoms with Gasteiger partial charge in [-0.05, 0) is 38.0 Å². The van der Waals surface area contributed by atoms with Crippen LogP contribution in [0.4, 0.5) is 0 Å². The van der Waals surface area contributed by atoms with Crippen molar-refractivity contribution in [1.29, 1.82) is 0 Å². The number of hydrogen-bond donors (Lipinski definition) is 0. The topological polar surface area (TPSA) is 27.7 Å². The number of hydrogen-bond acceptors (Lipinski definition) is 3. The SMILES string of the molecule is CC1C(C)C2O[Si](C)(C)O[Si](C)(C)OCC12. The molecule has 0 amide bonds. The lowest BCUT2D eigenvalue weighted by Crippen LogP contribution is -2.62. The second kappa shape index (κ2) is 3.91. The van der Waals surface area contributed by atoms with E-state index in [0.717, 1.165) is 12.5 Å². The fourth-order valence-electron chi connectivity index (χ4n) is 2.94. The summed E-state index contributed by atoms with van der Waals surface area (Å²) in [5.74, 6) is 1.95. The largest absolute Gasteiger partial charge is 0.415 e. The summed E-state index contributed by atoms with van der Waals surface area (Å²) < 4.78 is 18.4. The van der Waals surface area contributed by atoms with Crippen LogP contribution in [0.2, 0.25) is 26.2 Å². The van der Waals surface area contributed by atoms with E-state index in [2.05, 4.69) is 40.0 Å². The summed E-state index contributed by atoms with van der Waals surface area (Å²) >= 11 is 0. The predicted octanol–water partition coefficient (Wildman–Crippen LogP) is 2.72. The van der Waals surface area contributed by atoms with Crippen molar-refractivity contribution in [3.8, 4) is 0 Å². The predicted molar refractivity (Wildman–Crippen MR) is 68.7 cm³/mol. The van der Waals surface area contributed by atoms with Gasteiger partial charge in [0.25, 0.3) is 0 Å². The summed E-state index contributed by atoms with van der Waals surface area (Å²) in [7, 11) is -3.96. The minimum absolute atomic E-state index is 0.363. The van der Waals surface area contributed by atoms with Crippen LogP contribution < -0.4 is 0 Å². The van der Waals surface area contributed by atoms with Gasteiger partial charge in [0.05, 0.1) is 6.10 Å². The van der Waals surface area contributed by atoms with Gasteiger partial charge in [0.1, 0.15) is 0 Å². The second-order valence-corrected chi connectivity index (χ2v) is 13.1. The Morgan fingerprint density at radius 3 is 2.19 bits per heavy atom. The van der Waals surface area contributed by atoms with Crippen LogP contribution in [0.25, 0.3) is 0 Å². The summed E-state index contributed by atoms with van der Waals surface area (Å²) in [5.41, 5.74) is 0. The Hall–Kier alpha value is 0.314. The first-order valence-corrected chi connectivity index (χ1v) is 11.9. The second-order valence-electron chi connectivity index (χ2n) is 6.18. The van der Waals surface area contributed by atoms with Gasteiger partial charge >= 0.3 is 17.1 Å². The fraction of sp³-hybridized carbons (Fsp3) is 1.00. The van der Waals surface area contributed by atoms with Crippen molar-refractivity contribution in [1.82, 2.24) is 0 Å². The normalized spacial score (nSPS) is 46.1. The van der Waals surface area contributed by atoms with Crippen molar-refractivity contribution >= 4 is 17.1 Å². The van der Waals surface area contributed by atoms with Crippen LogP contribution in [0.15, 0.2) is 0 Å². The fourth-order valence-corrected chi connectivity index (χ4v) is 9.75. The van der Waals surface area contributed by atoms with Gasteiger partial charge in [-0.2, -0.15) is 0 Å². The van der Waals surface area contributed by atoms with E-state index in [-0.39, 0.29) is 0 Å². The molecule has 1 aliphatic heterocycles. The van der Waals surface area contributed by atoms with E-state index in [1.165, 1.54) is 0 Å². The summed E-state index contributed by atoms with van der Waals surface area (Å²) in [4.78, 5) is 0. The highest BCUT2D eigenvalue weighted by Gasteiger charge is 2.52. The van der Waals surface area contributed by atoms with Crippen LogP contribution >= 0.6 is 0 Å². The molecule has 2 rings (SSSR count). The number of fused-ring (bicyclic) bond motifs is 1. The van der Waals surface area contributed by atoms with Gasteiger partial charge in [-0.1, -0.05) is 13.8 Å². The van der Waals surface area contributed by atoms with E-state index in [9.17, 15) is 0 Å². The maximum Gasteiger partial charge on any atom is 0.323 e. The zero-order valence-electron chi connectivity index (χ0n) is 11.2. The summed E-state index contributed by atoms with van der Waals surface area (Å²) in [5, 5.41) is 0. The van der Waals surface area contributed by atoms with Gasteiger partial charge in [-0.25, -0.2) is 0 Å². The zero-order chi connectivity index (χ0) is 12.1. The quantitative estimate of drug-likeness (QED) is 0.627. The third-order valence-corrected chi connectivity index (χ3v) is 9.61. The zero-order valence-corrected chi connectivity index (χ0v) is 13.2. The van der Waals surface area contributed by atoms with Gasteiger partial charge in [0.15, 0.2) is 0 Å². The van der Waals surface area contributed by atoms with Crippen LogP contribution in [0.1, 0.15) is 13.8 Å². The molecular formula is C11H24O3Si2. The maximum absolute atomic E-state index is 6.27. The first kappa shape index (κ1) is 12.8. The van der Waals surface area contributed by atoms with Crippen LogP contribution in [0.5, 0.6) is 0 Å². The molecule has 2 fully saturated rings. The Morgan fingerprint density at radius 2 is 1.56 bits per heavy atom. The molecule has 1 heterocycles. The first-order chi connectivity index (χ1) is 7.22. The van der Waals surface area contributed by atoms with Crippen molar-refractivity contribution in [3.05, 3.63) is 0 Å². The average Bonchev–Trinajstić information content (AvgIpc) is 2.12. The molecule has 4 unspecified atom stereocenters. The van der Waals surface area contributed by atoms with E-state index >= 15 is 0 Å². The molecule has 0 bridgehead atoms. The van der Waals surface area contributed by atoms with E-state index in [1.54, 1.807) is 0 Å². The molecule has 3 nitrogen and oxygen atoms in total. The Kier molecular flexibility index (Phi) is 3.12. The van der Waals surface area contributed by atoms with Crippen molar-refractivity contribution in [2.75, 3.05) is 6.61 Å². The minimum atomic E-state index is -2.00. The third-order valence-electron chi connectivity index (χ3n) is 3.98. The van der Waals surface area contributed by atoms with Crippen molar-refractivity contribution in [2.24, 2.45) is 17.8 Å². The van der Waals surface area contributed by atoms with E-state index in [0.29, 0.717) is 17.9 Å². The summed E-state index contributed by atoms with van der Waals surface area (Å²) in [6.45, 7) is 13.9. The van der Waals surface area contributed by atoms with Crippen LogP contribution in [0, 0.1) is 17.8 Å². The molecule has 1 saturated heterocycles. The lowest BCUT2D eigenvalue weighted by molar-refractivity contribution is -0.110. The van der Waals surface area contributed by atoms with Crippen LogP contribution in [-0.2, 0) is 13.0 Å². The van der Waals surface area contributed by atoms with Gasteiger partial charge < -0.3 is 13.0 Å². The molecule has 1 saturated carbocycles. The lowest BCUT2D eigenvalue weighted by atomic mass is 9.64. The molecule has 0 aromatic heterocycles. The van der Waals surface area contributed by atoms with Crippen molar-refractivity contribution in [3.63, 3.8) is 0 Å². The van der Waals surface area contributed by atoms with Gasteiger partial charge in [0, 0.05) is 12.5 Å². The molecule has 16 heavy (non-hydrogen) atoms. The molecule has 4 atom stereocenters. The van der Waals surface area contributed by atoms with E-state index in [4.69, 9.17) is 13.0 Å². The monoisotopic (exact) mass is 260 g/mol. The molecule has 0 radical (unpaired) electrons. The lowest BCUT2D eigenvalue weighted by Gasteiger charge is -2.54. The molecule has 0 N–H and O–H groups in total. The molecular weight excluding hydrogens is 236 g/mol. The summed E-state index contributed by atoms with van der Waals surface area (Å²) in [6, 6.07) is 0. The molecule has 0 spiro atoms. The van der Waals surface area contributed by atoms with Gasteiger partial charge in [-0.15, -0.1) is 0 Å². The average molecular weight is 260 g/mol. The van der Waals surface area contributed by atoms with E-state index < -0.39 is 17.1 Å². The highest BCUT2D eigenvalue weighted by atomic mass is 28.5. The molecule has 1 aliphatic carbocycles. The maximum atomic E-state index is 6.27. The number of rotatable bonds is 0. The third kappa shape index (κ3) is 2.29. The van der Waals surface area contributed by atoms with Crippen molar-refractivity contribution in [2.45, 2.75) is 46.1 Å². The molecule has 0 aromatic carbocycles.